The highest BCUT2D eigenvalue weighted by Crippen LogP contribution is 2.28. The molecule has 2 N–H and O–H groups in total. The van der Waals surface area contributed by atoms with Gasteiger partial charge in [0.15, 0.2) is 0 Å². The van der Waals surface area contributed by atoms with Gasteiger partial charge < -0.3 is 14.5 Å². The summed E-state index contributed by atoms with van der Waals surface area (Å²) in [5.74, 6) is 0.0487. The maximum absolute atomic E-state index is 12.7. The van der Waals surface area contributed by atoms with Crippen LogP contribution in [0.15, 0.2) is 76.2 Å². The van der Waals surface area contributed by atoms with Gasteiger partial charge in [0, 0.05) is 5.56 Å². The average Bonchev–Trinajstić information content (AvgIpc) is 3.44. The second-order valence-corrected chi connectivity index (χ2v) is 8.43. The fraction of sp³-hybridized carbons (Fsp3) is 0.143. The van der Waals surface area contributed by atoms with Gasteiger partial charge in [-0.15, -0.1) is 0 Å². The predicted octanol–water partition coefficient (Wildman–Crippen LogP) is 2.97. The van der Waals surface area contributed by atoms with Gasteiger partial charge >= 0.3 is 6.09 Å². The van der Waals surface area contributed by atoms with Crippen molar-refractivity contribution in [3.63, 3.8) is 0 Å². The smallest absolute Gasteiger partial charge is 0.414 e. The van der Waals surface area contributed by atoms with Crippen molar-refractivity contribution in [1.29, 1.82) is 0 Å². The lowest BCUT2D eigenvalue weighted by Gasteiger charge is -2.17. The van der Waals surface area contributed by atoms with E-state index in [-0.39, 0.29) is 23.6 Å². The maximum Gasteiger partial charge on any atom is 0.414 e. The molecule has 9 nitrogen and oxygen atoms in total. The van der Waals surface area contributed by atoms with Crippen molar-refractivity contribution in [1.82, 2.24) is 4.72 Å². The molecule has 2 heterocycles. The van der Waals surface area contributed by atoms with Crippen molar-refractivity contribution in [3.8, 4) is 0 Å². The summed E-state index contributed by atoms with van der Waals surface area (Å²) in [5.41, 5.74) is 1.24. The molecule has 0 unspecified atom stereocenters. The molecule has 2 amide bonds. The van der Waals surface area contributed by atoms with Gasteiger partial charge in [0.1, 0.15) is 12.4 Å². The van der Waals surface area contributed by atoms with Crippen molar-refractivity contribution in [2.24, 2.45) is 0 Å². The van der Waals surface area contributed by atoms with Crippen LogP contribution < -0.4 is 14.9 Å². The number of cyclic esters (lactones) is 1. The van der Waals surface area contributed by atoms with Gasteiger partial charge in [0.25, 0.3) is 5.91 Å². The minimum absolute atomic E-state index is 0.0211. The molecular weight excluding hydrogens is 422 g/mol. The number of anilines is 2. The zero-order chi connectivity index (χ0) is 21.8. The topological polar surface area (TPSA) is 118 Å². The highest BCUT2D eigenvalue weighted by atomic mass is 32.2. The van der Waals surface area contributed by atoms with Crippen molar-refractivity contribution >= 4 is 33.4 Å². The van der Waals surface area contributed by atoms with Gasteiger partial charge in [-0.3, -0.25) is 9.69 Å². The summed E-state index contributed by atoms with van der Waals surface area (Å²) in [6, 6.07) is 15.8. The molecule has 1 aliphatic heterocycles. The zero-order valence-corrected chi connectivity index (χ0v) is 17.1. The Kier molecular flexibility index (Phi) is 5.74. The van der Waals surface area contributed by atoms with Crippen molar-refractivity contribution < 1.29 is 27.2 Å². The number of para-hydroxylation sites is 2. The first-order valence-corrected chi connectivity index (χ1v) is 10.9. The molecule has 0 saturated carbocycles. The van der Waals surface area contributed by atoms with Crippen molar-refractivity contribution in [2.45, 2.75) is 11.4 Å². The Morgan fingerprint density at radius 3 is 2.48 bits per heavy atom. The lowest BCUT2D eigenvalue weighted by atomic mass is 10.2. The molecule has 1 saturated heterocycles. The Labute approximate surface area is 178 Å². The van der Waals surface area contributed by atoms with Gasteiger partial charge in [-0.05, 0) is 48.5 Å². The van der Waals surface area contributed by atoms with E-state index in [2.05, 4.69) is 10.0 Å². The zero-order valence-electron chi connectivity index (χ0n) is 16.3. The van der Waals surface area contributed by atoms with Crippen molar-refractivity contribution in [2.75, 3.05) is 23.4 Å². The number of benzene rings is 2. The van der Waals surface area contributed by atoms with Gasteiger partial charge in [0.2, 0.25) is 10.0 Å². The molecule has 0 radical (unpaired) electrons. The van der Waals surface area contributed by atoms with Crippen LogP contribution in [0.2, 0.25) is 0 Å². The Hall–Kier alpha value is -3.63. The molecule has 3 aromatic rings. The monoisotopic (exact) mass is 441 g/mol. The third kappa shape index (κ3) is 4.60. The van der Waals surface area contributed by atoms with Gasteiger partial charge in [-0.1, -0.05) is 12.1 Å². The molecule has 0 aliphatic carbocycles. The Bertz CT molecular complexity index is 1190. The quantitative estimate of drug-likeness (QED) is 0.582. The predicted molar refractivity (Wildman–Crippen MR) is 112 cm³/mol. The van der Waals surface area contributed by atoms with Crippen LogP contribution in [0.25, 0.3) is 0 Å². The maximum atomic E-state index is 12.7. The van der Waals surface area contributed by atoms with E-state index in [1.807, 2.05) is 0 Å². The molecule has 0 bridgehead atoms. The third-order valence-electron chi connectivity index (χ3n) is 4.65. The van der Waals surface area contributed by atoms with Crippen molar-refractivity contribution in [3.05, 3.63) is 78.3 Å². The van der Waals surface area contributed by atoms with E-state index in [0.717, 1.165) is 0 Å². The van der Waals surface area contributed by atoms with E-state index in [9.17, 15) is 18.0 Å². The number of hydrogen-bond donors (Lipinski definition) is 2. The number of nitrogens with one attached hydrogen (secondary N) is 2. The first kappa shape index (κ1) is 20.6. The number of furan rings is 1. The summed E-state index contributed by atoms with van der Waals surface area (Å²) in [6.45, 7) is 0.696. The standard InChI is InChI=1S/C21H19N3O6S/c25-20(23-18-5-1-2-6-19(18)24-11-13-30-21(24)26)15-7-9-17(10-8-15)31(27,28)22-14-16-4-3-12-29-16/h1-10,12,22H,11,13-14H2,(H,23,25). The van der Waals surface area contributed by atoms with Crippen LogP contribution in [0.3, 0.4) is 0 Å². The number of carbonyl (C=O) groups is 2. The summed E-state index contributed by atoms with van der Waals surface area (Å²) in [4.78, 5) is 26.0. The molecule has 1 fully saturated rings. The number of ether oxygens (including phenoxy) is 1. The van der Waals surface area contributed by atoms with Crippen LogP contribution in [0.1, 0.15) is 16.1 Å². The Morgan fingerprint density at radius 2 is 1.81 bits per heavy atom. The third-order valence-corrected chi connectivity index (χ3v) is 6.06. The van der Waals surface area contributed by atoms with E-state index in [1.54, 1.807) is 36.4 Å². The molecule has 1 aromatic heterocycles. The fourth-order valence-corrected chi connectivity index (χ4v) is 4.06. The molecule has 0 spiro atoms. The fourth-order valence-electron chi connectivity index (χ4n) is 3.07. The SMILES string of the molecule is O=C(Nc1ccccc1N1CCOC1=O)c1ccc(S(=O)(=O)NCc2ccco2)cc1. The Balaban J connectivity index is 1.46. The Morgan fingerprint density at radius 1 is 1.03 bits per heavy atom. The summed E-state index contributed by atoms with van der Waals surface area (Å²) >= 11 is 0. The lowest BCUT2D eigenvalue weighted by molar-refractivity contribution is 0.102. The van der Waals surface area contributed by atoms with Gasteiger partial charge in [-0.2, -0.15) is 0 Å². The summed E-state index contributed by atoms with van der Waals surface area (Å²) in [5, 5.41) is 2.76. The highest BCUT2D eigenvalue weighted by molar-refractivity contribution is 7.89. The molecule has 0 atom stereocenters. The molecular formula is C21H19N3O6S. The average molecular weight is 441 g/mol. The van der Waals surface area contributed by atoms with Crippen LogP contribution in [0.5, 0.6) is 0 Å². The van der Waals surface area contributed by atoms with Gasteiger partial charge in [0.05, 0.1) is 35.6 Å². The summed E-state index contributed by atoms with van der Waals surface area (Å²) in [6.07, 6.45) is 0.986. The van der Waals surface area contributed by atoms with Crippen LogP contribution >= 0.6 is 0 Å². The van der Waals surface area contributed by atoms with E-state index in [1.165, 1.54) is 35.4 Å². The minimum Gasteiger partial charge on any atom is -0.468 e. The largest absolute Gasteiger partial charge is 0.468 e. The summed E-state index contributed by atoms with van der Waals surface area (Å²) < 4.78 is 37.3. The van der Waals surface area contributed by atoms with E-state index in [0.29, 0.717) is 23.7 Å². The van der Waals surface area contributed by atoms with Crippen LogP contribution in [-0.4, -0.2) is 33.6 Å². The second kappa shape index (κ2) is 8.62. The first-order chi connectivity index (χ1) is 14.9. The minimum atomic E-state index is -3.76. The number of nitrogens with zero attached hydrogens (tertiary/aromatic N) is 1. The number of rotatable bonds is 7. The molecule has 10 heteroatoms. The number of sulfonamides is 1. The number of hydrogen-bond acceptors (Lipinski definition) is 6. The molecule has 160 valence electrons. The number of amides is 2. The highest BCUT2D eigenvalue weighted by Gasteiger charge is 2.26. The molecule has 1 aliphatic rings. The summed E-state index contributed by atoms with van der Waals surface area (Å²) in [7, 11) is -3.76. The normalized spacial score (nSPS) is 13.8. The van der Waals surface area contributed by atoms with E-state index >= 15 is 0 Å². The lowest BCUT2D eigenvalue weighted by Crippen LogP contribution is -2.25. The number of carbonyl (C=O) groups excluding carboxylic acids is 2. The van der Waals surface area contributed by atoms with Gasteiger partial charge in [-0.25, -0.2) is 17.9 Å². The second-order valence-electron chi connectivity index (χ2n) is 6.67. The van der Waals surface area contributed by atoms with E-state index in [4.69, 9.17) is 9.15 Å². The first-order valence-electron chi connectivity index (χ1n) is 9.41. The van der Waals surface area contributed by atoms with E-state index < -0.39 is 22.0 Å². The van der Waals surface area contributed by atoms with Crippen LogP contribution in [0.4, 0.5) is 16.2 Å². The molecule has 2 aromatic carbocycles. The molecule has 4 rings (SSSR count). The molecule has 31 heavy (non-hydrogen) atoms. The van der Waals surface area contributed by atoms with Crippen LogP contribution in [-0.2, 0) is 21.3 Å². The van der Waals surface area contributed by atoms with Crippen LogP contribution in [0, 0.1) is 0 Å².